The zero-order valence-electron chi connectivity index (χ0n) is 9.96. The highest BCUT2D eigenvalue weighted by molar-refractivity contribution is 7.93. The minimum atomic E-state index is -3.82. The minimum Gasteiger partial charge on any atom is -0.398 e. The minimum absolute atomic E-state index is 0.0322. The number of nitrogens with zero attached hydrogens (tertiary/aromatic N) is 2. The number of hydrogen-bond donors (Lipinski definition) is 2. The lowest BCUT2D eigenvalue weighted by molar-refractivity contribution is 0.601. The molecule has 0 radical (unpaired) electrons. The molecule has 8 heteroatoms. The summed E-state index contributed by atoms with van der Waals surface area (Å²) in [6, 6.07) is 6.19. The van der Waals surface area contributed by atoms with Crippen molar-refractivity contribution < 1.29 is 8.42 Å². The van der Waals surface area contributed by atoms with Crippen LogP contribution >= 0.6 is 11.6 Å². The fourth-order valence-corrected chi connectivity index (χ4v) is 3.13. The summed E-state index contributed by atoms with van der Waals surface area (Å²) in [7, 11) is -3.82. The first-order valence-electron chi connectivity index (χ1n) is 5.25. The number of halogens is 1. The third-order valence-corrected chi connectivity index (χ3v) is 4.16. The molecule has 0 amide bonds. The van der Waals surface area contributed by atoms with E-state index in [1.807, 2.05) is 0 Å². The van der Waals surface area contributed by atoms with Crippen LogP contribution in [-0.4, -0.2) is 18.4 Å². The van der Waals surface area contributed by atoms with E-state index in [0.717, 1.165) is 0 Å². The largest absolute Gasteiger partial charge is 0.398 e. The van der Waals surface area contributed by atoms with Crippen LogP contribution < -0.4 is 10.5 Å². The van der Waals surface area contributed by atoms with E-state index in [9.17, 15) is 8.42 Å². The Morgan fingerprint density at radius 2 is 2.05 bits per heavy atom. The first kappa shape index (κ1) is 13.6. The molecule has 0 aliphatic heterocycles. The summed E-state index contributed by atoms with van der Waals surface area (Å²) in [6.07, 6.45) is 1.17. The van der Waals surface area contributed by atoms with Crippen LogP contribution in [0.25, 0.3) is 0 Å². The number of nitrogens with one attached hydrogen (secondary N) is 1. The Morgan fingerprint density at radius 3 is 2.68 bits per heavy atom. The maximum Gasteiger partial charge on any atom is 0.265 e. The molecular formula is C11H11ClN4O2S. The lowest BCUT2D eigenvalue weighted by atomic mass is 10.2. The molecule has 1 aromatic heterocycles. The third kappa shape index (κ3) is 2.94. The third-order valence-electron chi connectivity index (χ3n) is 2.38. The van der Waals surface area contributed by atoms with Crippen LogP contribution in [0.4, 0.5) is 11.5 Å². The molecule has 19 heavy (non-hydrogen) atoms. The van der Waals surface area contributed by atoms with E-state index in [0.29, 0.717) is 5.56 Å². The second kappa shape index (κ2) is 5.02. The summed E-state index contributed by atoms with van der Waals surface area (Å²) >= 11 is 5.67. The average Bonchev–Trinajstić information content (AvgIpc) is 2.27. The fraction of sp³-hybridized carbons (Fsp3) is 0.0909. The van der Waals surface area contributed by atoms with Crippen molar-refractivity contribution in [1.82, 2.24) is 9.97 Å². The van der Waals surface area contributed by atoms with Crippen molar-refractivity contribution in [3.05, 3.63) is 41.3 Å². The molecule has 2 aromatic rings. The van der Waals surface area contributed by atoms with E-state index in [2.05, 4.69) is 14.7 Å². The van der Waals surface area contributed by atoms with E-state index in [-0.39, 0.29) is 21.6 Å². The smallest absolute Gasteiger partial charge is 0.265 e. The van der Waals surface area contributed by atoms with Crippen molar-refractivity contribution in [3.8, 4) is 0 Å². The number of benzene rings is 1. The van der Waals surface area contributed by atoms with Gasteiger partial charge in [0.25, 0.3) is 10.0 Å². The van der Waals surface area contributed by atoms with Crippen molar-refractivity contribution in [1.29, 1.82) is 0 Å². The van der Waals surface area contributed by atoms with Crippen molar-refractivity contribution in [3.63, 3.8) is 0 Å². The van der Waals surface area contributed by atoms with Gasteiger partial charge in [0.1, 0.15) is 22.2 Å². The SMILES string of the molecule is Cc1cccc(N)c1S(=O)(=O)Nc1cc(Cl)ncn1. The Hall–Kier alpha value is -1.86. The van der Waals surface area contributed by atoms with Crippen LogP contribution in [-0.2, 0) is 10.0 Å². The molecule has 0 saturated carbocycles. The molecule has 0 spiro atoms. The predicted octanol–water partition coefficient (Wildman–Crippen LogP) is 1.82. The van der Waals surface area contributed by atoms with Gasteiger partial charge >= 0.3 is 0 Å². The standard InChI is InChI=1S/C11H11ClN4O2S/c1-7-3-2-4-8(13)11(7)19(17,18)16-10-5-9(12)14-6-15-10/h2-6H,13H2,1H3,(H,14,15,16). The van der Waals surface area contributed by atoms with Gasteiger partial charge in [-0.3, -0.25) is 4.72 Å². The second-order valence-electron chi connectivity index (χ2n) is 3.82. The van der Waals surface area contributed by atoms with E-state index in [4.69, 9.17) is 17.3 Å². The molecule has 100 valence electrons. The number of anilines is 2. The zero-order valence-corrected chi connectivity index (χ0v) is 11.5. The van der Waals surface area contributed by atoms with Gasteiger partial charge in [-0.05, 0) is 18.6 Å². The van der Waals surface area contributed by atoms with Crippen molar-refractivity contribution in [2.24, 2.45) is 0 Å². The monoisotopic (exact) mass is 298 g/mol. The first-order chi connectivity index (χ1) is 8.90. The van der Waals surface area contributed by atoms with Crippen molar-refractivity contribution in [2.75, 3.05) is 10.5 Å². The molecule has 3 N–H and O–H groups in total. The molecule has 0 saturated heterocycles. The van der Waals surface area contributed by atoms with Crippen molar-refractivity contribution in [2.45, 2.75) is 11.8 Å². The van der Waals surface area contributed by atoms with Gasteiger partial charge in [0.2, 0.25) is 0 Å². The van der Waals surface area contributed by atoms with Gasteiger partial charge in [0.05, 0.1) is 5.69 Å². The zero-order chi connectivity index (χ0) is 14.0. The average molecular weight is 299 g/mol. The lowest BCUT2D eigenvalue weighted by Gasteiger charge is -2.11. The predicted molar refractivity (Wildman–Crippen MR) is 73.4 cm³/mol. The number of aromatic nitrogens is 2. The number of hydrogen-bond acceptors (Lipinski definition) is 5. The number of sulfonamides is 1. The van der Waals surface area contributed by atoms with Crippen LogP contribution in [0, 0.1) is 6.92 Å². The van der Waals surface area contributed by atoms with Crippen molar-refractivity contribution >= 4 is 33.1 Å². The highest BCUT2D eigenvalue weighted by Gasteiger charge is 2.20. The fourth-order valence-electron chi connectivity index (χ4n) is 1.62. The molecule has 0 unspecified atom stereocenters. The van der Waals surface area contributed by atoms with E-state index in [1.165, 1.54) is 18.5 Å². The number of aryl methyl sites for hydroxylation is 1. The number of rotatable bonds is 3. The highest BCUT2D eigenvalue weighted by Crippen LogP contribution is 2.24. The summed E-state index contributed by atoms with van der Waals surface area (Å²) in [5.74, 6) is 0.0858. The molecule has 0 fully saturated rings. The van der Waals surface area contributed by atoms with Gasteiger partial charge in [0, 0.05) is 6.07 Å². The molecule has 0 atom stereocenters. The highest BCUT2D eigenvalue weighted by atomic mass is 35.5. The van der Waals surface area contributed by atoms with Crippen LogP contribution in [0.5, 0.6) is 0 Å². The summed E-state index contributed by atoms with van der Waals surface area (Å²) in [5.41, 5.74) is 6.44. The maximum absolute atomic E-state index is 12.3. The first-order valence-corrected chi connectivity index (χ1v) is 7.12. The van der Waals surface area contributed by atoms with Gasteiger partial charge in [-0.25, -0.2) is 18.4 Å². The van der Waals surface area contributed by atoms with Crippen LogP contribution in [0.2, 0.25) is 5.15 Å². The van der Waals surface area contributed by atoms with Gasteiger partial charge in [-0.1, -0.05) is 23.7 Å². The Kier molecular flexibility index (Phi) is 3.59. The molecule has 6 nitrogen and oxygen atoms in total. The lowest BCUT2D eigenvalue weighted by Crippen LogP contribution is -2.17. The van der Waals surface area contributed by atoms with Gasteiger partial charge < -0.3 is 5.73 Å². The molecule has 2 rings (SSSR count). The van der Waals surface area contributed by atoms with E-state index < -0.39 is 10.0 Å². The Balaban J connectivity index is 2.44. The van der Waals surface area contributed by atoms with E-state index >= 15 is 0 Å². The molecular weight excluding hydrogens is 288 g/mol. The molecule has 1 heterocycles. The van der Waals surface area contributed by atoms with Crippen LogP contribution in [0.15, 0.2) is 35.5 Å². The van der Waals surface area contributed by atoms with Crippen LogP contribution in [0.1, 0.15) is 5.56 Å². The Morgan fingerprint density at radius 1 is 1.32 bits per heavy atom. The molecule has 0 bridgehead atoms. The summed E-state index contributed by atoms with van der Waals surface area (Å²) in [6.45, 7) is 1.66. The second-order valence-corrected chi connectivity index (χ2v) is 5.83. The topological polar surface area (TPSA) is 98.0 Å². The Bertz CT molecular complexity index is 698. The molecule has 0 aliphatic rings. The Labute approximate surface area is 115 Å². The van der Waals surface area contributed by atoms with Crippen LogP contribution in [0.3, 0.4) is 0 Å². The van der Waals surface area contributed by atoms with Gasteiger partial charge in [-0.2, -0.15) is 0 Å². The summed E-state index contributed by atoms with van der Waals surface area (Å²) in [5, 5.41) is 0.144. The summed E-state index contributed by atoms with van der Waals surface area (Å²) in [4.78, 5) is 7.49. The molecule has 0 aliphatic carbocycles. The number of nitrogen functional groups attached to an aromatic ring is 1. The number of nitrogens with two attached hydrogens (primary N) is 1. The summed E-state index contributed by atoms with van der Waals surface area (Å²) < 4.78 is 26.8. The van der Waals surface area contributed by atoms with Gasteiger partial charge in [0.15, 0.2) is 0 Å². The van der Waals surface area contributed by atoms with E-state index in [1.54, 1.807) is 19.1 Å². The maximum atomic E-state index is 12.3. The quantitative estimate of drug-likeness (QED) is 0.665. The molecule has 1 aromatic carbocycles. The van der Waals surface area contributed by atoms with Gasteiger partial charge in [-0.15, -0.1) is 0 Å². The normalized spacial score (nSPS) is 11.3.